The van der Waals surface area contributed by atoms with Crippen molar-refractivity contribution in [3.63, 3.8) is 0 Å². The van der Waals surface area contributed by atoms with Crippen molar-refractivity contribution in [2.45, 2.75) is 25.8 Å². The van der Waals surface area contributed by atoms with Crippen molar-refractivity contribution in [1.29, 1.82) is 0 Å². The van der Waals surface area contributed by atoms with Gasteiger partial charge in [-0.25, -0.2) is 4.99 Å². The third-order valence-electron chi connectivity index (χ3n) is 1.95. The van der Waals surface area contributed by atoms with Gasteiger partial charge in [0, 0.05) is 6.21 Å². The first kappa shape index (κ1) is 8.11. The number of methoxy groups -OCH3 is 1. The van der Waals surface area contributed by atoms with E-state index < -0.39 is 0 Å². The zero-order chi connectivity index (χ0) is 8.32. The predicted molar refractivity (Wildman–Crippen MR) is 45.4 cm³/mol. The summed E-state index contributed by atoms with van der Waals surface area (Å²) in [5.41, 5.74) is 0.00201. The molecule has 0 amide bonds. The highest BCUT2D eigenvalue weighted by Gasteiger charge is 2.20. The van der Waals surface area contributed by atoms with Crippen LogP contribution in [0.1, 0.15) is 20.3 Å². The summed E-state index contributed by atoms with van der Waals surface area (Å²) in [5, 5.41) is 3.21. The summed E-state index contributed by atoms with van der Waals surface area (Å²) in [4.78, 5) is 4.12. The Labute approximate surface area is 67.2 Å². The first-order chi connectivity index (χ1) is 5.20. The van der Waals surface area contributed by atoms with Gasteiger partial charge < -0.3 is 10.1 Å². The van der Waals surface area contributed by atoms with Gasteiger partial charge in [0.05, 0.1) is 18.8 Å². The van der Waals surface area contributed by atoms with Gasteiger partial charge in [0.2, 0.25) is 5.88 Å². The summed E-state index contributed by atoms with van der Waals surface area (Å²) < 4.78 is 4.93. The van der Waals surface area contributed by atoms with E-state index in [2.05, 4.69) is 24.2 Å². The van der Waals surface area contributed by atoms with Crippen LogP contribution in [-0.2, 0) is 4.74 Å². The van der Waals surface area contributed by atoms with E-state index in [-0.39, 0.29) is 5.54 Å². The van der Waals surface area contributed by atoms with Gasteiger partial charge in [0.15, 0.2) is 0 Å². The van der Waals surface area contributed by atoms with Crippen LogP contribution in [0.15, 0.2) is 17.1 Å². The molecule has 0 saturated heterocycles. The second kappa shape index (κ2) is 2.95. The zero-order valence-electron chi connectivity index (χ0n) is 7.22. The highest BCUT2D eigenvalue weighted by molar-refractivity contribution is 5.71. The average molecular weight is 154 g/mol. The summed E-state index contributed by atoms with van der Waals surface area (Å²) in [6.45, 7) is 4.21. The third kappa shape index (κ3) is 1.73. The maximum atomic E-state index is 4.93. The van der Waals surface area contributed by atoms with E-state index in [0.29, 0.717) is 5.88 Å². The SMILES string of the molecule is CCC1(C)C=NC(OC)=CN1. The zero-order valence-corrected chi connectivity index (χ0v) is 7.22. The van der Waals surface area contributed by atoms with E-state index in [4.69, 9.17) is 4.74 Å². The topological polar surface area (TPSA) is 33.6 Å². The Morgan fingerprint density at radius 3 is 2.82 bits per heavy atom. The molecule has 11 heavy (non-hydrogen) atoms. The van der Waals surface area contributed by atoms with Gasteiger partial charge in [-0.2, -0.15) is 0 Å². The molecule has 1 atom stereocenters. The lowest BCUT2D eigenvalue weighted by molar-refractivity contribution is 0.279. The van der Waals surface area contributed by atoms with E-state index in [9.17, 15) is 0 Å². The molecule has 1 aliphatic heterocycles. The van der Waals surface area contributed by atoms with E-state index in [1.54, 1.807) is 13.3 Å². The quantitative estimate of drug-likeness (QED) is 0.650. The maximum Gasteiger partial charge on any atom is 0.229 e. The summed E-state index contributed by atoms with van der Waals surface area (Å²) >= 11 is 0. The fourth-order valence-electron chi connectivity index (χ4n) is 0.812. The fourth-order valence-corrected chi connectivity index (χ4v) is 0.812. The second-order valence-electron chi connectivity index (χ2n) is 2.86. The molecule has 0 aliphatic carbocycles. The Morgan fingerprint density at radius 2 is 2.45 bits per heavy atom. The molecule has 1 N–H and O–H groups in total. The molecule has 3 nitrogen and oxygen atoms in total. The third-order valence-corrected chi connectivity index (χ3v) is 1.95. The summed E-state index contributed by atoms with van der Waals surface area (Å²) in [6.07, 6.45) is 4.69. The fraction of sp³-hybridized carbons (Fsp3) is 0.625. The summed E-state index contributed by atoms with van der Waals surface area (Å²) in [6, 6.07) is 0. The molecule has 0 bridgehead atoms. The molecule has 1 heterocycles. The minimum absolute atomic E-state index is 0.00201. The first-order valence-electron chi connectivity index (χ1n) is 3.77. The predicted octanol–water partition coefficient (Wildman–Crippen LogP) is 1.27. The normalized spacial score (nSPS) is 29.2. The standard InChI is InChI=1S/C8H14N2O/c1-4-8(2)6-9-7(11-3)5-10-8/h5-6,10H,4H2,1-3H3. The van der Waals surface area contributed by atoms with Gasteiger partial charge in [-0.1, -0.05) is 6.92 Å². The van der Waals surface area contributed by atoms with Crippen LogP contribution in [-0.4, -0.2) is 18.9 Å². The smallest absolute Gasteiger partial charge is 0.229 e. The Balaban J connectivity index is 2.63. The van der Waals surface area contributed by atoms with Crippen LogP contribution in [0.4, 0.5) is 0 Å². The Hall–Kier alpha value is -0.990. The number of aliphatic imine (C=N–C) groups is 1. The molecule has 62 valence electrons. The molecular weight excluding hydrogens is 140 g/mol. The maximum absolute atomic E-state index is 4.93. The summed E-state index contributed by atoms with van der Waals surface area (Å²) in [5.74, 6) is 0.635. The van der Waals surface area contributed by atoms with E-state index in [1.807, 2.05) is 6.21 Å². The summed E-state index contributed by atoms with van der Waals surface area (Å²) in [7, 11) is 1.61. The van der Waals surface area contributed by atoms with Crippen LogP contribution in [0.3, 0.4) is 0 Å². The first-order valence-corrected chi connectivity index (χ1v) is 3.77. The van der Waals surface area contributed by atoms with Crippen LogP contribution in [0.5, 0.6) is 0 Å². The van der Waals surface area contributed by atoms with Crippen molar-refractivity contribution < 1.29 is 4.74 Å². The largest absolute Gasteiger partial charge is 0.480 e. The average Bonchev–Trinajstić information content (AvgIpc) is 2.06. The van der Waals surface area contributed by atoms with Crippen LogP contribution < -0.4 is 5.32 Å². The van der Waals surface area contributed by atoms with E-state index in [0.717, 1.165) is 6.42 Å². The monoisotopic (exact) mass is 154 g/mol. The van der Waals surface area contributed by atoms with E-state index >= 15 is 0 Å². The lowest BCUT2D eigenvalue weighted by Gasteiger charge is -2.26. The molecule has 0 saturated carbocycles. The Bertz CT molecular complexity index is 198. The number of hydrogen-bond donors (Lipinski definition) is 1. The van der Waals surface area contributed by atoms with Crippen molar-refractivity contribution in [1.82, 2.24) is 5.32 Å². The van der Waals surface area contributed by atoms with E-state index in [1.165, 1.54) is 0 Å². The number of rotatable bonds is 2. The minimum Gasteiger partial charge on any atom is -0.480 e. The van der Waals surface area contributed by atoms with Crippen LogP contribution in [0.25, 0.3) is 0 Å². The molecule has 0 spiro atoms. The van der Waals surface area contributed by atoms with Gasteiger partial charge in [0.25, 0.3) is 0 Å². The Kier molecular flexibility index (Phi) is 2.17. The molecule has 1 rings (SSSR count). The Morgan fingerprint density at radius 1 is 1.73 bits per heavy atom. The molecule has 1 aliphatic rings. The molecular formula is C8H14N2O. The van der Waals surface area contributed by atoms with Gasteiger partial charge in [-0.15, -0.1) is 0 Å². The lowest BCUT2D eigenvalue weighted by atomic mass is 10.0. The van der Waals surface area contributed by atoms with Gasteiger partial charge >= 0.3 is 0 Å². The minimum atomic E-state index is 0.00201. The lowest BCUT2D eigenvalue weighted by Crippen LogP contribution is -2.42. The van der Waals surface area contributed by atoms with Crippen molar-refractivity contribution in [2.24, 2.45) is 4.99 Å². The second-order valence-corrected chi connectivity index (χ2v) is 2.86. The van der Waals surface area contributed by atoms with Gasteiger partial charge in [0.1, 0.15) is 0 Å². The number of nitrogens with zero attached hydrogens (tertiary/aromatic N) is 1. The van der Waals surface area contributed by atoms with Crippen LogP contribution >= 0.6 is 0 Å². The van der Waals surface area contributed by atoms with Gasteiger partial charge in [-0.3, -0.25) is 0 Å². The number of ether oxygens (including phenoxy) is 1. The molecule has 0 fully saturated rings. The van der Waals surface area contributed by atoms with Crippen LogP contribution in [0, 0.1) is 0 Å². The van der Waals surface area contributed by atoms with Crippen molar-refractivity contribution in [2.75, 3.05) is 7.11 Å². The van der Waals surface area contributed by atoms with Crippen molar-refractivity contribution in [3.8, 4) is 0 Å². The number of nitrogens with one attached hydrogen (secondary N) is 1. The molecule has 0 aromatic heterocycles. The molecule has 0 radical (unpaired) electrons. The van der Waals surface area contributed by atoms with Gasteiger partial charge in [-0.05, 0) is 13.3 Å². The van der Waals surface area contributed by atoms with Crippen molar-refractivity contribution in [3.05, 3.63) is 12.1 Å². The van der Waals surface area contributed by atoms with Crippen molar-refractivity contribution >= 4 is 6.21 Å². The molecule has 3 heteroatoms. The molecule has 1 unspecified atom stereocenters. The number of hydrogen-bond acceptors (Lipinski definition) is 3. The highest BCUT2D eigenvalue weighted by Crippen LogP contribution is 2.12. The molecule has 0 aromatic rings. The molecule has 0 aromatic carbocycles. The highest BCUT2D eigenvalue weighted by atomic mass is 16.5. The van der Waals surface area contributed by atoms with Crippen LogP contribution in [0.2, 0.25) is 0 Å².